The summed E-state index contributed by atoms with van der Waals surface area (Å²) in [6.07, 6.45) is 0.803. The number of nitrogens with zero attached hydrogens (tertiary/aromatic N) is 1. The second kappa shape index (κ2) is 6.09. The van der Waals surface area contributed by atoms with E-state index in [1.807, 2.05) is 0 Å². The number of carbonyl (C=O) groups excluding carboxylic acids is 3. The van der Waals surface area contributed by atoms with Crippen molar-refractivity contribution in [2.75, 3.05) is 26.2 Å². The summed E-state index contributed by atoms with van der Waals surface area (Å²) in [6, 6.07) is 0. The molecule has 1 aliphatic heterocycles. The van der Waals surface area contributed by atoms with Gasteiger partial charge in [-0.1, -0.05) is 0 Å². The lowest BCUT2D eigenvalue weighted by molar-refractivity contribution is -0.148. The largest absolute Gasteiger partial charge is 0.466 e. The normalized spacial score (nSPS) is 15.9. The zero-order valence-corrected chi connectivity index (χ0v) is 9.32. The standard InChI is InChI=1S/C10H16N2O4/c1-2-16-8(13)4-3-6-12-7-5-11-9(14)10(12)15/h2-7H2,1H3,(H,11,14). The number of hydrogen-bond acceptors (Lipinski definition) is 4. The molecule has 1 N–H and O–H groups in total. The van der Waals surface area contributed by atoms with Crippen molar-refractivity contribution in [3.63, 3.8) is 0 Å². The summed E-state index contributed by atoms with van der Waals surface area (Å²) in [5.41, 5.74) is 0. The zero-order chi connectivity index (χ0) is 12.0. The van der Waals surface area contributed by atoms with Gasteiger partial charge in [0.25, 0.3) is 0 Å². The van der Waals surface area contributed by atoms with Crippen molar-refractivity contribution in [1.82, 2.24) is 10.2 Å². The van der Waals surface area contributed by atoms with E-state index >= 15 is 0 Å². The lowest BCUT2D eigenvalue weighted by atomic mass is 10.2. The third kappa shape index (κ3) is 3.52. The number of ether oxygens (including phenoxy) is 1. The van der Waals surface area contributed by atoms with Crippen LogP contribution in [0.4, 0.5) is 0 Å². The molecule has 0 spiro atoms. The molecule has 0 aromatic carbocycles. The first kappa shape index (κ1) is 12.5. The highest BCUT2D eigenvalue weighted by Gasteiger charge is 2.25. The number of amides is 2. The van der Waals surface area contributed by atoms with E-state index in [2.05, 4.69) is 5.32 Å². The second-order valence-corrected chi connectivity index (χ2v) is 3.46. The topological polar surface area (TPSA) is 75.7 Å². The van der Waals surface area contributed by atoms with Gasteiger partial charge in [0.2, 0.25) is 0 Å². The van der Waals surface area contributed by atoms with E-state index in [0.29, 0.717) is 32.7 Å². The summed E-state index contributed by atoms with van der Waals surface area (Å²) in [5.74, 6) is -1.35. The molecular formula is C10H16N2O4. The highest BCUT2D eigenvalue weighted by Crippen LogP contribution is 2.00. The van der Waals surface area contributed by atoms with Gasteiger partial charge in [0.05, 0.1) is 6.61 Å². The molecule has 6 nitrogen and oxygen atoms in total. The van der Waals surface area contributed by atoms with Gasteiger partial charge in [-0.05, 0) is 13.3 Å². The summed E-state index contributed by atoms with van der Waals surface area (Å²) in [4.78, 5) is 34.8. The maximum atomic E-state index is 11.3. The molecular weight excluding hydrogens is 212 g/mol. The van der Waals surface area contributed by atoms with Gasteiger partial charge < -0.3 is 15.0 Å². The fraction of sp³-hybridized carbons (Fsp3) is 0.700. The molecule has 1 rings (SSSR count). The van der Waals surface area contributed by atoms with Crippen LogP contribution in [0.3, 0.4) is 0 Å². The van der Waals surface area contributed by atoms with Crippen LogP contribution >= 0.6 is 0 Å². The van der Waals surface area contributed by atoms with E-state index in [0.717, 1.165) is 0 Å². The van der Waals surface area contributed by atoms with E-state index in [1.165, 1.54) is 4.90 Å². The minimum Gasteiger partial charge on any atom is -0.466 e. The Morgan fingerprint density at radius 2 is 2.25 bits per heavy atom. The zero-order valence-electron chi connectivity index (χ0n) is 9.32. The van der Waals surface area contributed by atoms with E-state index in [9.17, 15) is 14.4 Å². The van der Waals surface area contributed by atoms with Crippen molar-refractivity contribution in [2.45, 2.75) is 19.8 Å². The van der Waals surface area contributed by atoms with Crippen molar-refractivity contribution in [3.8, 4) is 0 Å². The highest BCUT2D eigenvalue weighted by molar-refractivity contribution is 6.35. The summed E-state index contributed by atoms with van der Waals surface area (Å²) in [7, 11) is 0. The van der Waals surface area contributed by atoms with Crippen molar-refractivity contribution < 1.29 is 19.1 Å². The van der Waals surface area contributed by atoms with Crippen LogP contribution in [0, 0.1) is 0 Å². The van der Waals surface area contributed by atoms with Crippen LogP contribution in [-0.2, 0) is 19.1 Å². The fourth-order valence-corrected chi connectivity index (χ4v) is 1.49. The lowest BCUT2D eigenvalue weighted by Crippen LogP contribution is -2.52. The average molecular weight is 228 g/mol. The molecule has 0 atom stereocenters. The van der Waals surface area contributed by atoms with Gasteiger partial charge in [0, 0.05) is 26.1 Å². The molecule has 0 saturated carbocycles. The van der Waals surface area contributed by atoms with Crippen molar-refractivity contribution in [2.24, 2.45) is 0 Å². The Morgan fingerprint density at radius 3 is 2.94 bits per heavy atom. The second-order valence-electron chi connectivity index (χ2n) is 3.46. The van der Waals surface area contributed by atoms with Crippen LogP contribution in [0.1, 0.15) is 19.8 Å². The fourth-order valence-electron chi connectivity index (χ4n) is 1.49. The Balaban J connectivity index is 2.24. The average Bonchev–Trinajstić information content (AvgIpc) is 2.25. The molecule has 6 heteroatoms. The summed E-state index contributed by atoms with van der Waals surface area (Å²) in [5, 5.41) is 2.46. The van der Waals surface area contributed by atoms with E-state index in [1.54, 1.807) is 6.92 Å². The third-order valence-corrected chi connectivity index (χ3v) is 2.26. The first-order chi connectivity index (χ1) is 7.65. The van der Waals surface area contributed by atoms with Gasteiger partial charge in [0.15, 0.2) is 0 Å². The van der Waals surface area contributed by atoms with Crippen LogP contribution in [0.2, 0.25) is 0 Å². The molecule has 0 aromatic rings. The molecule has 0 radical (unpaired) electrons. The minimum atomic E-state index is -0.567. The van der Waals surface area contributed by atoms with E-state index in [4.69, 9.17) is 4.74 Å². The van der Waals surface area contributed by atoms with Crippen LogP contribution in [0.25, 0.3) is 0 Å². The Hall–Kier alpha value is -1.59. The minimum absolute atomic E-state index is 0.267. The molecule has 1 heterocycles. The molecule has 0 aromatic heterocycles. The first-order valence-electron chi connectivity index (χ1n) is 5.38. The Kier molecular flexibility index (Phi) is 4.75. The van der Waals surface area contributed by atoms with Crippen molar-refractivity contribution in [3.05, 3.63) is 0 Å². The number of esters is 1. The maximum Gasteiger partial charge on any atom is 0.311 e. The SMILES string of the molecule is CCOC(=O)CCCN1CCNC(=O)C1=O. The number of piperazine rings is 1. The Labute approximate surface area is 93.9 Å². The number of hydrogen-bond donors (Lipinski definition) is 1. The predicted octanol–water partition coefficient (Wildman–Crippen LogP) is -0.712. The number of rotatable bonds is 5. The molecule has 0 aliphatic carbocycles. The van der Waals surface area contributed by atoms with Crippen molar-refractivity contribution >= 4 is 17.8 Å². The third-order valence-electron chi connectivity index (χ3n) is 2.26. The lowest BCUT2D eigenvalue weighted by Gasteiger charge is -2.26. The van der Waals surface area contributed by atoms with Gasteiger partial charge in [0.1, 0.15) is 0 Å². The quantitative estimate of drug-likeness (QED) is 0.498. The predicted molar refractivity (Wildman–Crippen MR) is 55.5 cm³/mol. The van der Waals surface area contributed by atoms with Gasteiger partial charge in [-0.25, -0.2) is 0 Å². The van der Waals surface area contributed by atoms with Gasteiger partial charge in [-0.3, -0.25) is 14.4 Å². The molecule has 1 saturated heterocycles. The monoisotopic (exact) mass is 228 g/mol. The van der Waals surface area contributed by atoms with E-state index in [-0.39, 0.29) is 12.4 Å². The van der Waals surface area contributed by atoms with Crippen LogP contribution in [0.5, 0.6) is 0 Å². The summed E-state index contributed by atoms with van der Waals surface area (Å²) in [6.45, 7) is 3.52. The van der Waals surface area contributed by atoms with Gasteiger partial charge >= 0.3 is 17.8 Å². The molecule has 16 heavy (non-hydrogen) atoms. The molecule has 2 amide bonds. The molecule has 0 bridgehead atoms. The molecule has 90 valence electrons. The van der Waals surface area contributed by atoms with Crippen molar-refractivity contribution in [1.29, 1.82) is 0 Å². The summed E-state index contributed by atoms with van der Waals surface area (Å²) < 4.78 is 4.76. The molecule has 1 aliphatic rings. The van der Waals surface area contributed by atoms with Crippen LogP contribution in [0.15, 0.2) is 0 Å². The van der Waals surface area contributed by atoms with Gasteiger partial charge in [-0.15, -0.1) is 0 Å². The number of nitrogens with one attached hydrogen (secondary N) is 1. The van der Waals surface area contributed by atoms with Gasteiger partial charge in [-0.2, -0.15) is 0 Å². The van der Waals surface area contributed by atoms with Crippen LogP contribution < -0.4 is 5.32 Å². The molecule has 0 unspecified atom stereocenters. The Bertz CT molecular complexity index is 291. The number of carbonyl (C=O) groups is 3. The highest BCUT2D eigenvalue weighted by atomic mass is 16.5. The first-order valence-corrected chi connectivity index (χ1v) is 5.38. The maximum absolute atomic E-state index is 11.3. The van der Waals surface area contributed by atoms with E-state index < -0.39 is 11.8 Å². The molecule has 1 fully saturated rings. The Morgan fingerprint density at radius 1 is 1.50 bits per heavy atom. The summed E-state index contributed by atoms with van der Waals surface area (Å²) >= 11 is 0. The smallest absolute Gasteiger partial charge is 0.311 e. The van der Waals surface area contributed by atoms with Crippen LogP contribution in [-0.4, -0.2) is 48.9 Å².